The Morgan fingerprint density at radius 3 is 2.86 bits per heavy atom. The van der Waals surface area contributed by atoms with Crippen LogP contribution in [0, 0.1) is 0 Å². The van der Waals surface area contributed by atoms with Gasteiger partial charge in [0, 0.05) is 17.5 Å². The molecule has 0 radical (unpaired) electrons. The molecule has 3 aromatic rings. The van der Waals surface area contributed by atoms with Gasteiger partial charge in [-0.2, -0.15) is 0 Å². The molecular formula is C16H14N2OS2. The van der Waals surface area contributed by atoms with Gasteiger partial charge < -0.3 is 0 Å². The molecule has 21 heavy (non-hydrogen) atoms. The predicted octanol–water partition coefficient (Wildman–Crippen LogP) is 4.42. The Bertz CT molecular complexity index is 742. The highest BCUT2D eigenvalue weighted by molar-refractivity contribution is 7.22. The number of para-hydroxylation sites is 1. The van der Waals surface area contributed by atoms with Crippen molar-refractivity contribution in [1.82, 2.24) is 4.98 Å². The van der Waals surface area contributed by atoms with Crippen LogP contribution in [0.5, 0.6) is 0 Å². The zero-order chi connectivity index (χ0) is 14.7. The lowest BCUT2D eigenvalue weighted by molar-refractivity contribution is -0.114. The number of rotatable bonds is 4. The van der Waals surface area contributed by atoms with Crippen LogP contribution in [0.1, 0.15) is 11.8 Å². The van der Waals surface area contributed by atoms with Gasteiger partial charge in [0.2, 0.25) is 0 Å². The van der Waals surface area contributed by atoms with Crippen LogP contribution in [0.2, 0.25) is 0 Å². The van der Waals surface area contributed by atoms with Gasteiger partial charge in [-0.1, -0.05) is 29.5 Å². The molecule has 0 saturated heterocycles. The summed E-state index contributed by atoms with van der Waals surface area (Å²) in [5.41, 5.74) is 0.936. The third-order valence-corrected chi connectivity index (χ3v) is 4.93. The van der Waals surface area contributed by atoms with Gasteiger partial charge in [-0.25, -0.2) is 4.98 Å². The van der Waals surface area contributed by atoms with Crippen LogP contribution >= 0.6 is 22.7 Å². The Balaban J connectivity index is 1.85. The standard InChI is InChI=1S/C16H14N2OS2/c1-2-18(15(19)10-9-12-6-5-11-20-12)16-17-13-7-3-4-8-14(13)21-16/h3-11H,2H2,1H3/b10-9+. The Morgan fingerprint density at radius 1 is 1.29 bits per heavy atom. The number of benzene rings is 1. The normalized spacial score (nSPS) is 11.3. The molecule has 106 valence electrons. The van der Waals surface area contributed by atoms with Crippen LogP contribution in [0.25, 0.3) is 16.3 Å². The highest BCUT2D eigenvalue weighted by Crippen LogP contribution is 2.28. The number of likely N-dealkylation sites (N-methyl/N-ethyl adjacent to an activating group) is 1. The lowest BCUT2D eigenvalue weighted by atomic mass is 10.3. The van der Waals surface area contributed by atoms with E-state index in [1.54, 1.807) is 33.6 Å². The zero-order valence-corrected chi connectivity index (χ0v) is 13.2. The van der Waals surface area contributed by atoms with E-state index >= 15 is 0 Å². The van der Waals surface area contributed by atoms with Gasteiger partial charge >= 0.3 is 0 Å². The van der Waals surface area contributed by atoms with Crippen LogP contribution in [-0.4, -0.2) is 17.4 Å². The molecule has 3 nitrogen and oxygen atoms in total. The van der Waals surface area contributed by atoms with E-state index in [9.17, 15) is 4.79 Å². The molecular weight excluding hydrogens is 300 g/mol. The van der Waals surface area contributed by atoms with E-state index < -0.39 is 0 Å². The summed E-state index contributed by atoms with van der Waals surface area (Å²) in [5.74, 6) is -0.0371. The van der Waals surface area contributed by atoms with Crippen LogP contribution in [0.15, 0.2) is 47.9 Å². The molecule has 0 unspecified atom stereocenters. The van der Waals surface area contributed by atoms with Crippen LogP contribution < -0.4 is 4.90 Å². The fourth-order valence-electron chi connectivity index (χ4n) is 1.99. The average Bonchev–Trinajstić information content (AvgIpc) is 3.15. The van der Waals surface area contributed by atoms with Gasteiger partial charge in [-0.15, -0.1) is 11.3 Å². The number of amides is 1. The zero-order valence-electron chi connectivity index (χ0n) is 11.5. The molecule has 2 heterocycles. The molecule has 3 rings (SSSR count). The Kier molecular flexibility index (Phi) is 4.13. The highest BCUT2D eigenvalue weighted by Gasteiger charge is 2.15. The summed E-state index contributed by atoms with van der Waals surface area (Å²) >= 11 is 3.16. The summed E-state index contributed by atoms with van der Waals surface area (Å²) in [6.45, 7) is 2.57. The number of hydrogen-bond acceptors (Lipinski definition) is 4. The molecule has 0 aliphatic rings. The summed E-state index contributed by atoms with van der Waals surface area (Å²) in [5, 5.41) is 2.74. The fourth-order valence-corrected chi connectivity index (χ4v) is 3.64. The first kappa shape index (κ1) is 14.0. The van der Waals surface area contributed by atoms with E-state index in [4.69, 9.17) is 0 Å². The first-order valence-electron chi connectivity index (χ1n) is 6.66. The van der Waals surface area contributed by atoms with Crippen LogP contribution in [-0.2, 0) is 4.79 Å². The average molecular weight is 314 g/mol. The minimum Gasteiger partial charge on any atom is -0.285 e. The molecule has 0 fully saturated rings. The topological polar surface area (TPSA) is 33.2 Å². The number of thiazole rings is 1. The molecule has 5 heteroatoms. The minimum atomic E-state index is -0.0371. The van der Waals surface area contributed by atoms with E-state index in [2.05, 4.69) is 4.98 Å². The van der Waals surface area contributed by atoms with Crippen molar-refractivity contribution < 1.29 is 4.79 Å². The minimum absolute atomic E-state index is 0.0371. The van der Waals surface area contributed by atoms with E-state index in [-0.39, 0.29) is 5.91 Å². The van der Waals surface area contributed by atoms with Crippen molar-refractivity contribution >= 4 is 50.0 Å². The molecule has 0 saturated carbocycles. The highest BCUT2D eigenvalue weighted by atomic mass is 32.1. The largest absolute Gasteiger partial charge is 0.285 e. The van der Waals surface area contributed by atoms with Gasteiger partial charge in [0.05, 0.1) is 10.2 Å². The molecule has 2 aromatic heterocycles. The number of carbonyl (C=O) groups excluding carboxylic acids is 1. The Morgan fingerprint density at radius 2 is 2.14 bits per heavy atom. The Labute approximate surface area is 131 Å². The first-order chi connectivity index (χ1) is 10.3. The molecule has 0 atom stereocenters. The maximum Gasteiger partial charge on any atom is 0.252 e. The molecule has 0 aliphatic heterocycles. The molecule has 1 aromatic carbocycles. The Hall–Kier alpha value is -1.98. The molecule has 0 aliphatic carbocycles. The van der Waals surface area contributed by atoms with Crippen molar-refractivity contribution in [1.29, 1.82) is 0 Å². The third kappa shape index (κ3) is 3.04. The van der Waals surface area contributed by atoms with E-state index in [1.807, 2.05) is 54.8 Å². The monoisotopic (exact) mass is 314 g/mol. The van der Waals surface area contributed by atoms with Crippen molar-refractivity contribution in [2.75, 3.05) is 11.4 Å². The second-order valence-corrected chi connectivity index (χ2v) is 6.38. The quantitative estimate of drug-likeness (QED) is 0.668. The van der Waals surface area contributed by atoms with E-state index in [1.165, 1.54) is 0 Å². The number of thiophene rings is 1. The second-order valence-electron chi connectivity index (χ2n) is 4.40. The smallest absolute Gasteiger partial charge is 0.252 e. The van der Waals surface area contributed by atoms with E-state index in [0.717, 1.165) is 20.2 Å². The third-order valence-electron chi connectivity index (χ3n) is 3.03. The summed E-state index contributed by atoms with van der Waals surface area (Å²) in [4.78, 5) is 19.7. The predicted molar refractivity (Wildman–Crippen MR) is 91.0 cm³/mol. The van der Waals surface area contributed by atoms with Gasteiger partial charge in [0.25, 0.3) is 5.91 Å². The van der Waals surface area contributed by atoms with E-state index in [0.29, 0.717) is 6.54 Å². The lowest BCUT2D eigenvalue weighted by Crippen LogP contribution is -2.28. The maximum atomic E-state index is 12.4. The SMILES string of the molecule is CCN(C(=O)/C=C/c1cccs1)c1nc2ccccc2s1. The van der Waals surface area contributed by atoms with Crippen molar-refractivity contribution in [3.8, 4) is 0 Å². The number of hydrogen-bond donors (Lipinski definition) is 0. The van der Waals surface area contributed by atoms with Crippen molar-refractivity contribution in [3.05, 3.63) is 52.7 Å². The number of nitrogens with zero attached hydrogens (tertiary/aromatic N) is 2. The van der Waals surface area contributed by atoms with Crippen molar-refractivity contribution in [2.24, 2.45) is 0 Å². The fraction of sp³-hybridized carbons (Fsp3) is 0.125. The van der Waals surface area contributed by atoms with Gasteiger partial charge in [-0.3, -0.25) is 9.69 Å². The molecule has 0 bridgehead atoms. The number of fused-ring (bicyclic) bond motifs is 1. The second kappa shape index (κ2) is 6.20. The van der Waals surface area contributed by atoms with Gasteiger partial charge in [-0.05, 0) is 36.6 Å². The maximum absolute atomic E-state index is 12.4. The summed E-state index contributed by atoms with van der Waals surface area (Å²) in [7, 11) is 0. The molecule has 0 spiro atoms. The van der Waals surface area contributed by atoms with Crippen molar-refractivity contribution in [2.45, 2.75) is 6.92 Å². The first-order valence-corrected chi connectivity index (χ1v) is 8.36. The lowest BCUT2D eigenvalue weighted by Gasteiger charge is -2.14. The molecule has 0 N–H and O–H groups in total. The van der Waals surface area contributed by atoms with Crippen molar-refractivity contribution in [3.63, 3.8) is 0 Å². The van der Waals surface area contributed by atoms with Crippen LogP contribution in [0.3, 0.4) is 0 Å². The summed E-state index contributed by atoms with van der Waals surface area (Å²) in [6.07, 6.45) is 3.46. The molecule has 1 amide bonds. The van der Waals surface area contributed by atoms with Crippen LogP contribution in [0.4, 0.5) is 5.13 Å². The summed E-state index contributed by atoms with van der Waals surface area (Å²) < 4.78 is 1.10. The number of aromatic nitrogens is 1. The van der Waals surface area contributed by atoms with Gasteiger partial charge in [0.1, 0.15) is 0 Å². The number of carbonyl (C=O) groups is 1. The summed E-state index contributed by atoms with van der Waals surface area (Å²) in [6, 6.07) is 11.9. The van der Waals surface area contributed by atoms with Gasteiger partial charge in [0.15, 0.2) is 5.13 Å². The number of anilines is 1.